The summed E-state index contributed by atoms with van der Waals surface area (Å²) >= 11 is 3.50. The van der Waals surface area contributed by atoms with E-state index in [0.29, 0.717) is 0 Å². The van der Waals surface area contributed by atoms with Crippen LogP contribution in [0.3, 0.4) is 0 Å². The van der Waals surface area contributed by atoms with Crippen LogP contribution in [0, 0.1) is 6.92 Å². The normalized spacial score (nSPS) is 10.5. The van der Waals surface area contributed by atoms with Gasteiger partial charge in [0.1, 0.15) is 0 Å². The molecular formula is C13H16BrN3. The molecule has 0 atom stereocenters. The highest BCUT2D eigenvalue weighted by molar-refractivity contribution is 9.10. The van der Waals surface area contributed by atoms with Gasteiger partial charge in [-0.25, -0.2) is 4.98 Å². The highest BCUT2D eigenvalue weighted by atomic mass is 79.9. The topological polar surface area (TPSA) is 29.9 Å². The molecule has 1 N–H and O–H groups in total. The van der Waals surface area contributed by atoms with Gasteiger partial charge < -0.3 is 9.88 Å². The maximum absolute atomic E-state index is 4.02. The Kier molecular flexibility index (Phi) is 4.20. The SMILES string of the molecule is Cc1cc(Br)cc(NCCCn2ccnc2)c1. The molecule has 0 aliphatic heterocycles. The van der Waals surface area contributed by atoms with Crippen molar-refractivity contribution in [2.24, 2.45) is 0 Å². The van der Waals surface area contributed by atoms with Gasteiger partial charge in [0, 0.05) is 35.6 Å². The Morgan fingerprint density at radius 3 is 2.94 bits per heavy atom. The summed E-state index contributed by atoms with van der Waals surface area (Å²) in [7, 11) is 0. The molecule has 0 saturated carbocycles. The first kappa shape index (κ1) is 12.2. The first-order chi connectivity index (χ1) is 8.24. The van der Waals surface area contributed by atoms with Crippen molar-refractivity contribution < 1.29 is 0 Å². The van der Waals surface area contributed by atoms with E-state index in [9.17, 15) is 0 Å². The van der Waals surface area contributed by atoms with Crippen LogP contribution >= 0.6 is 15.9 Å². The number of hydrogen-bond acceptors (Lipinski definition) is 2. The maximum Gasteiger partial charge on any atom is 0.0945 e. The van der Waals surface area contributed by atoms with Crippen LogP contribution in [0.2, 0.25) is 0 Å². The lowest BCUT2D eigenvalue weighted by Crippen LogP contribution is -2.05. The van der Waals surface area contributed by atoms with Crippen molar-refractivity contribution in [3.8, 4) is 0 Å². The zero-order valence-electron chi connectivity index (χ0n) is 9.86. The van der Waals surface area contributed by atoms with Crippen molar-refractivity contribution in [3.05, 3.63) is 47.0 Å². The molecule has 0 amide bonds. The molecule has 1 heterocycles. The van der Waals surface area contributed by atoms with Crippen molar-refractivity contribution in [1.82, 2.24) is 9.55 Å². The number of anilines is 1. The van der Waals surface area contributed by atoms with Gasteiger partial charge in [-0.05, 0) is 37.1 Å². The number of nitrogens with one attached hydrogen (secondary N) is 1. The van der Waals surface area contributed by atoms with E-state index in [1.165, 1.54) is 11.3 Å². The molecule has 4 heteroatoms. The second kappa shape index (κ2) is 5.87. The zero-order chi connectivity index (χ0) is 12.1. The minimum absolute atomic E-state index is 0.966. The molecule has 0 saturated heterocycles. The van der Waals surface area contributed by atoms with Gasteiger partial charge >= 0.3 is 0 Å². The van der Waals surface area contributed by atoms with Crippen LogP contribution in [0.15, 0.2) is 41.4 Å². The Hall–Kier alpha value is -1.29. The summed E-state index contributed by atoms with van der Waals surface area (Å²) in [6.45, 7) is 4.06. The first-order valence-electron chi connectivity index (χ1n) is 5.71. The molecule has 3 nitrogen and oxygen atoms in total. The molecule has 90 valence electrons. The van der Waals surface area contributed by atoms with Crippen LogP contribution in [0.5, 0.6) is 0 Å². The van der Waals surface area contributed by atoms with E-state index in [4.69, 9.17) is 0 Å². The Morgan fingerprint density at radius 1 is 1.35 bits per heavy atom. The van der Waals surface area contributed by atoms with Gasteiger partial charge in [-0.15, -0.1) is 0 Å². The number of rotatable bonds is 5. The summed E-state index contributed by atoms with van der Waals surface area (Å²) in [5.74, 6) is 0. The molecule has 0 radical (unpaired) electrons. The number of imidazole rings is 1. The Labute approximate surface area is 110 Å². The summed E-state index contributed by atoms with van der Waals surface area (Å²) < 4.78 is 3.21. The van der Waals surface area contributed by atoms with Gasteiger partial charge in [-0.3, -0.25) is 0 Å². The summed E-state index contributed by atoms with van der Waals surface area (Å²) in [4.78, 5) is 4.02. The maximum atomic E-state index is 4.02. The third-order valence-electron chi connectivity index (χ3n) is 2.52. The van der Waals surface area contributed by atoms with Crippen LogP contribution in [0.4, 0.5) is 5.69 Å². The summed E-state index contributed by atoms with van der Waals surface area (Å²) in [5.41, 5.74) is 2.43. The van der Waals surface area contributed by atoms with Gasteiger partial charge in [0.05, 0.1) is 6.33 Å². The molecule has 0 bridgehead atoms. The first-order valence-corrected chi connectivity index (χ1v) is 6.50. The summed E-state index contributed by atoms with van der Waals surface area (Å²) in [6.07, 6.45) is 6.74. The lowest BCUT2D eigenvalue weighted by Gasteiger charge is -2.08. The minimum Gasteiger partial charge on any atom is -0.385 e. The molecule has 2 rings (SSSR count). The predicted molar refractivity (Wildman–Crippen MR) is 74.2 cm³/mol. The van der Waals surface area contributed by atoms with Crippen molar-refractivity contribution >= 4 is 21.6 Å². The lowest BCUT2D eigenvalue weighted by molar-refractivity contribution is 0.661. The third kappa shape index (κ3) is 3.89. The quantitative estimate of drug-likeness (QED) is 0.856. The van der Waals surface area contributed by atoms with Crippen LogP contribution in [-0.2, 0) is 6.54 Å². The molecular weight excluding hydrogens is 278 g/mol. The van der Waals surface area contributed by atoms with E-state index >= 15 is 0 Å². The highest BCUT2D eigenvalue weighted by Gasteiger charge is 1.96. The van der Waals surface area contributed by atoms with E-state index in [2.05, 4.69) is 55.9 Å². The number of aryl methyl sites for hydroxylation is 2. The van der Waals surface area contributed by atoms with Gasteiger partial charge in [-0.2, -0.15) is 0 Å². The van der Waals surface area contributed by atoms with Crippen molar-refractivity contribution in [1.29, 1.82) is 0 Å². The second-order valence-electron chi connectivity index (χ2n) is 4.10. The number of aromatic nitrogens is 2. The molecule has 1 aromatic carbocycles. The zero-order valence-corrected chi connectivity index (χ0v) is 11.4. The smallest absolute Gasteiger partial charge is 0.0945 e. The second-order valence-corrected chi connectivity index (χ2v) is 5.01. The van der Waals surface area contributed by atoms with Crippen molar-refractivity contribution in [2.75, 3.05) is 11.9 Å². The summed E-state index contributed by atoms with van der Waals surface area (Å²) in [5, 5.41) is 3.42. The Bertz CT molecular complexity index is 445. The number of halogens is 1. The lowest BCUT2D eigenvalue weighted by atomic mass is 10.2. The fourth-order valence-corrected chi connectivity index (χ4v) is 2.36. The van der Waals surface area contributed by atoms with Crippen molar-refractivity contribution in [2.45, 2.75) is 19.9 Å². The average Bonchev–Trinajstić information content (AvgIpc) is 2.76. The van der Waals surface area contributed by atoms with Gasteiger partial charge in [0.15, 0.2) is 0 Å². The van der Waals surface area contributed by atoms with Crippen molar-refractivity contribution in [3.63, 3.8) is 0 Å². The van der Waals surface area contributed by atoms with E-state index in [-0.39, 0.29) is 0 Å². The van der Waals surface area contributed by atoms with E-state index in [1.54, 1.807) is 0 Å². The molecule has 2 aromatic rings. The molecule has 0 aliphatic carbocycles. The number of hydrogen-bond donors (Lipinski definition) is 1. The summed E-state index contributed by atoms with van der Waals surface area (Å²) in [6, 6.07) is 6.36. The number of benzene rings is 1. The monoisotopic (exact) mass is 293 g/mol. The molecule has 0 unspecified atom stereocenters. The van der Waals surface area contributed by atoms with Gasteiger partial charge in [-0.1, -0.05) is 15.9 Å². The molecule has 1 aromatic heterocycles. The van der Waals surface area contributed by atoms with E-state index < -0.39 is 0 Å². The molecule has 17 heavy (non-hydrogen) atoms. The molecule has 0 aliphatic rings. The average molecular weight is 294 g/mol. The van der Waals surface area contributed by atoms with E-state index in [1.807, 2.05) is 18.7 Å². The minimum atomic E-state index is 0.966. The largest absolute Gasteiger partial charge is 0.385 e. The Balaban J connectivity index is 1.78. The molecule has 0 fully saturated rings. The fraction of sp³-hybridized carbons (Fsp3) is 0.308. The standard InChI is InChI=1S/C13H16BrN3/c1-11-7-12(14)9-13(8-11)16-3-2-5-17-6-4-15-10-17/h4,6-10,16H,2-3,5H2,1H3. The van der Waals surface area contributed by atoms with E-state index in [0.717, 1.165) is 24.0 Å². The van der Waals surface area contributed by atoms with Crippen LogP contribution in [0.25, 0.3) is 0 Å². The highest BCUT2D eigenvalue weighted by Crippen LogP contribution is 2.18. The predicted octanol–water partition coefficient (Wildman–Crippen LogP) is 3.46. The Morgan fingerprint density at radius 2 is 2.24 bits per heavy atom. The number of nitrogens with zero attached hydrogens (tertiary/aromatic N) is 2. The van der Waals surface area contributed by atoms with Gasteiger partial charge in [0.25, 0.3) is 0 Å². The van der Waals surface area contributed by atoms with Gasteiger partial charge in [0.2, 0.25) is 0 Å². The van der Waals surface area contributed by atoms with Crippen LogP contribution in [0.1, 0.15) is 12.0 Å². The third-order valence-corrected chi connectivity index (χ3v) is 2.98. The van der Waals surface area contributed by atoms with Crippen LogP contribution in [-0.4, -0.2) is 16.1 Å². The molecule has 0 spiro atoms. The fourth-order valence-electron chi connectivity index (χ4n) is 1.75. The van der Waals surface area contributed by atoms with Crippen LogP contribution < -0.4 is 5.32 Å².